The second kappa shape index (κ2) is 5.08. The molecule has 1 unspecified atom stereocenters. The van der Waals surface area contributed by atoms with Crippen LogP contribution < -0.4 is 5.32 Å². The highest BCUT2D eigenvalue weighted by atomic mass is 32.1. The number of likely N-dealkylation sites (N-methyl/N-ethyl adjacent to an activating group) is 1. The fourth-order valence-corrected chi connectivity index (χ4v) is 5.02. The SMILES string of the molecule is CCNC1(c2nc(C(C)(C)C)cs2)CN2CCC1CC2. The van der Waals surface area contributed by atoms with Crippen LogP contribution in [0.4, 0.5) is 0 Å². The topological polar surface area (TPSA) is 28.2 Å². The predicted octanol–water partition coefficient (Wildman–Crippen LogP) is 2.97. The van der Waals surface area contributed by atoms with E-state index >= 15 is 0 Å². The van der Waals surface area contributed by atoms with E-state index in [1.807, 2.05) is 11.3 Å². The van der Waals surface area contributed by atoms with E-state index in [1.165, 1.54) is 36.6 Å². The molecule has 4 heteroatoms. The van der Waals surface area contributed by atoms with E-state index in [0.717, 1.165) is 19.0 Å². The van der Waals surface area contributed by atoms with E-state index in [-0.39, 0.29) is 11.0 Å². The van der Waals surface area contributed by atoms with Gasteiger partial charge in [-0.15, -0.1) is 11.3 Å². The molecule has 112 valence electrons. The molecule has 3 saturated heterocycles. The Labute approximate surface area is 126 Å². The number of piperidine rings is 3. The summed E-state index contributed by atoms with van der Waals surface area (Å²) in [6.45, 7) is 13.7. The van der Waals surface area contributed by atoms with Crippen LogP contribution in [0.25, 0.3) is 0 Å². The van der Waals surface area contributed by atoms with Gasteiger partial charge < -0.3 is 10.2 Å². The molecule has 3 aliphatic rings. The fraction of sp³-hybridized carbons (Fsp3) is 0.812. The van der Waals surface area contributed by atoms with E-state index in [1.54, 1.807) is 0 Å². The first-order valence-electron chi connectivity index (χ1n) is 7.89. The van der Waals surface area contributed by atoms with Crippen molar-refractivity contribution >= 4 is 11.3 Å². The van der Waals surface area contributed by atoms with Crippen LogP contribution >= 0.6 is 11.3 Å². The van der Waals surface area contributed by atoms with Crippen LogP contribution in [0.2, 0.25) is 0 Å². The molecule has 0 aromatic carbocycles. The molecule has 1 N–H and O–H groups in total. The Morgan fingerprint density at radius 1 is 1.40 bits per heavy atom. The van der Waals surface area contributed by atoms with Gasteiger partial charge in [-0.25, -0.2) is 4.98 Å². The molecule has 0 aliphatic carbocycles. The van der Waals surface area contributed by atoms with Crippen LogP contribution in [-0.2, 0) is 11.0 Å². The predicted molar refractivity (Wildman–Crippen MR) is 85.3 cm³/mol. The van der Waals surface area contributed by atoms with Gasteiger partial charge in [0.2, 0.25) is 0 Å². The Balaban J connectivity index is 1.97. The third-order valence-corrected chi connectivity index (χ3v) is 5.92. The highest BCUT2D eigenvalue weighted by Crippen LogP contribution is 2.44. The van der Waals surface area contributed by atoms with Crippen LogP contribution in [0.5, 0.6) is 0 Å². The second-order valence-electron chi connectivity index (χ2n) is 7.34. The highest BCUT2D eigenvalue weighted by Gasteiger charge is 2.49. The molecule has 4 heterocycles. The van der Waals surface area contributed by atoms with Gasteiger partial charge in [0, 0.05) is 17.3 Å². The standard InChI is InChI=1S/C16H27N3S/c1-5-17-16(11-19-8-6-12(16)7-9-19)14-18-13(10-20-14)15(2,3)4/h10,12,17H,5-9,11H2,1-4H3. The monoisotopic (exact) mass is 293 g/mol. The van der Waals surface area contributed by atoms with Crippen LogP contribution in [0.15, 0.2) is 5.38 Å². The van der Waals surface area contributed by atoms with Gasteiger partial charge in [-0.2, -0.15) is 0 Å². The number of nitrogens with one attached hydrogen (secondary N) is 1. The molecule has 3 fully saturated rings. The lowest BCUT2D eigenvalue weighted by molar-refractivity contribution is 0.00391. The van der Waals surface area contributed by atoms with Gasteiger partial charge >= 0.3 is 0 Å². The van der Waals surface area contributed by atoms with Crippen molar-refractivity contribution in [1.82, 2.24) is 15.2 Å². The molecule has 3 nitrogen and oxygen atoms in total. The summed E-state index contributed by atoms with van der Waals surface area (Å²) < 4.78 is 0. The van der Waals surface area contributed by atoms with E-state index in [9.17, 15) is 0 Å². The summed E-state index contributed by atoms with van der Waals surface area (Å²) in [4.78, 5) is 7.66. The summed E-state index contributed by atoms with van der Waals surface area (Å²) in [7, 11) is 0. The minimum Gasteiger partial charge on any atom is -0.304 e. The first kappa shape index (κ1) is 14.5. The van der Waals surface area contributed by atoms with Crippen molar-refractivity contribution < 1.29 is 0 Å². The van der Waals surface area contributed by atoms with Gasteiger partial charge in [-0.05, 0) is 38.4 Å². The third kappa shape index (κ3) is 2.32. The molecular weight excluding hydrogens is 266 g/mol. The Bertz CT molecular complexity index is 468. The van der Waals surface area contributed by atoms with Crippen molar-refractivity contribution in [3.05, 3.63) is 16.1 Å². The summed E-state index contributed by atoms with van der Waals surface area (Å²) in [5.41, 5.74) is 1.50. The molecule has 4 rings (SSSR count). The van der Waals surface area contributed by atoms with Crippen LogP contribution in [0.3, 0.4) is 0 Å². The summed E-state index contributed by atoms with van der Waals surface area (Å²) >= 11 is 1.86. The quantitative estimate of drug-likeness (QED) is 0.928. The maximum Gasteiger partial charge on any atom is 0.115 e. The van der Waals surface area contributed by atoms with Crippen LogP contribution in [0, 0.1) is 5.92 Å². The number of hydrogen-bond donors (Lipinski definition) is 1. The van der Waals surface area contributed by atoms with Gasteiger partial charge in [-0.1, -0.05) is 27.7 Å². The molecule has 1 aromatic rings. The number of fused-ring (bicyclic) bond motifs is 3. The van der Waals surface area contributed by atoms with Gasteiger partial charge in [0.15, 0.2) is 0 Å². The first-order valence-corrected chi connectivity index (χ1v) is 8.77. The van der Waals surface area contributed by atoms with E-state index in [4.69, 9.17) is 4.98 Å². The van der Waals surface area contributed by atoms with Crippen molar-refractivity contribution in [3.8, 4) is 0 Å². The fourth-order valence-electron chi connectivity index (χ4n) is 3.72. The lowest BCUT2D eigenvalue weighted by atomic mass is 9.73. The Morgan fingerprint density at radius 3 is 2.55 bits per heavy atom. The van der Waals surface area contributed by atoms with Crippen molar-refractivity contribution in [2.45, 2.75) is 51.5 Å². The zero-order valence-electron chi connectivity index (χ0n) is 13.2. The number of hydrogen-bond acceptors (Lipinski definition) is 4. The Kier molecular flexibility index (Phi) is 3.68. The highest BCUT2D eigenvalue weighted by molar-refractivity contribution is 7.09. The van der Waals surface area contributed by atoms with Gasteiger partial charge in [0.05, 0.1) is 11.2 Å². The molecule has 0 radical (unpaired) electrons. The van der Waals surface area contributed by atoms with E-state index in [2.05, 4.69) is 43.3 Å². The zero-order valence-corrected chi connectivity index (χ0v) is 14.0. The molecular formula is C16H27N3S. The lowest BCUT2D eigenvalue weighted by Gasteiger charge is -2.52. The number of rotatable bonds is 3. The molecule has 1 aromatic heterocycles. The van der Waals surface area contributed by atoms with Crippen molar-refractivity contribution in [1.29, 1.82) is 0 Å². The van der Waals surface area contributed by atoms with Crippen LogP contribution in [-0.4, -0.2) is 36.1 Å². The average Bonchev–Trinajstić information content (AvgIpc) is 2.90. The van der Waals surface area contributed by atoms with E-state index < -0.39 is 0 Å². The lowest BCUT2D eigenvalue weighted by Crippen LogP contribution is -2.63. The average molecular weight is 293 g/mol. The summed E-state index contributed by atoms with van der Waals surface area (Å²) in [6, 6.07) is 0. The smallest absolute Gasteiger partial charge is 0.115 e. The molecule has 20 heavy (non-hydrogen) atoms. The molecule has 0 amide bonds. The summed E-state index contributed by atoms with van der Waals surface area (Å²) in [5, 5.41) is 7.40. The minimum atomic E-state index is 0.111. The van der Waals surface area contributed by atoms with Crippen molar-refractivity contribution in [2.75, 3.05) is 26.2 Å². The maximum absolute atomic E-state index is 5.04. The Hall–Kier alpha value is -0.450. The number of aromatic nitrogens is 1. The van der Waals surface area contributed by atoms with Gasteiger partial charge in [0.1, 0.15) is 5.01 Å². The molecule has 0 saturated carbocycles. The first-order chi connectivity index (χ1) is 9.45. The normalized spacial score (nSPS) is 33.6. The van der Waals surface area contributed by atoms with Crippen molar-refractivity contribution in [2.24, 2.45) is 5.92 Å². The molecule has 1 atom stereocenters. The molecule has 3 aliphatic heterocycles. The Morgan fingerprint density at radius 2 is 2.10 bits per heavy atom. The van der Waals surface area contributed by atoms with Gasteiger partial charge in [0.25, 0.3) is 0 Å². The number of nitrogens with zero attached hydrogens (tertiary/aromatic N) is 2. The molecule has 2 bridgehead atoms. The number of thiazole rings is 1. The van der Waals surface area contributed by atoms with Crippen molar-refractivity contribution in [3.63, 3.8) is 0 Å². The minimum absolute atomic E-state index is 0.111. The third-order valence-electron chi connectivity index (χ3n) is 4.90. The molecule has 0 spiro atoms. The van der Waals surface area contributed by atoms with Gasteiger partial charge in [-0.3, -0.25) is 0 Å². The van der Waals surface area contributed by atoms with E-state index in [0.29, 0.717) is 0 Å². The summed E-state index contributed by atoms with van der Waals surface area (Å²) in [6.07, 6.45) is 2.63. The zero-order chi connectivity index (χ0) is 14.4. The summed E-state index contributed by atoms with van der Waals surface area (Å²) in [5.74, 6) is 0.756. The second-order valence-corrected chi connectivity index (χ2v) is 8.20. The van der Waals surface area contributed by atoms with Crippen LogP contribution in [0.1, 0.15) is 51.2 Å². The maximum atomic E-state index is 5.04. The largest absolute Gasteiger partial charge is 0.304 e.